The van der Waals surface area contributed by atoms with E-state index in [4.69, 9.17) is 0 Å². The monoisotopic (exact) mass is 378 g/mol. The molecule has 5 heteroatoms. The molecule has 0 aromatic rings. The van der Waals surface area contributed by atoms with Gasteiger partial charge in [-0.25, -0.2) is 0 Å². The molecule has 0 radical (unpaired) electrons. The molecule has 0 unspecified atom stereocenters. The molecule has 0 nitrogen and oxygen atoms in total. The highest BCUT2D eigenvalue weighted by molar-refractivity contribution is 14.2. The summed E-state index contributed by atoms with van der Waals surface area (Å²) in [4.78, 5) is 0. The van der Waals surface area contributed by atoms with Gasteiger partial charge < -0.3 is 0 Å². The molecule has 0 aromatic carbocycles. The van der Waals surface area contributed by atoms with E-state index in [0.29, 0.717) is 0 Å². The minimum Gasteiger partial charge on any atom is -0.138 e. The minimum absolute atomic E-state index is 1.22. The largest absolute Gasteiger partial charge is 0.138 e. The van der Waals surface area contributed by atoms with E-state index in [2.05, 4.69) is 42.4 Å². The van der Waals surface area contributed by atoms with Crippen LogP contribution in [0.3, 0.4) is 0 Å². The maximum Gasteiger partial charge on any atom is 0.0501 e. The maximum absolute atomic E-state index is 2.31. The number of rotatable bonds is 4. The van der Waals surface area contributed by atoms with Crippen molar-refractivity contribution in [3.05, 3.63) is 0 Å². The molecule has 0 N–H and O–H groups in total. The zero-order valence-electron chi connectivity index (χ0n) is 3.39. The topological polar surface area (TPSA) is 0 Å². The molecule has 44 valence electrons. The Kier molecular flexibility index (Phi) is 11.6. The molecular formula is C2H4I2S3. The molecule has 0 aromatic heterocycles. The van der Waals surface area contributed by atoms with Gasteiger partial charge in [-0.3, -0.25) is 0 Å². The van der Waals surface area contributed by atoms with Crippen molar-refractivity contribution in [2.45, 2.75) is 0 Å². The Morgan fingerprint density at radius 1 is 1.00 bits per heavy atom. The molecule has 0 heterocycles. The smallest absolute Gasteiger partial charge is 0.0501 e. The average Bonchev–Trinajstić information content (AvgIpc) is 1.69. The van der Waals surface area contributed by atoms with Crippen LogP contribution in [0.4, 0.5) is 0 Å². The number of thioether (sulfide) groups is 1. The Morgan fingerprint density at radius 2 is 1.43 bits per heavy atom. The Bertz CT molecular complexity index is 30.1. The van der Waals surface area contributed by atoms with Crippen molar-refractivity contribution in [2.24, 2.45) is 0 Å². The first kappa shape index (κ1) is 9.51. The second-order valence-corrected chi connectivity index (χ2v) is 7.13. The fourth-order valence-corrected chi connectivity index (χ4v) is 4.72. The highest BCUT2D eigenvalue weighted by Gasteiger charge is 1.82. The van der Waals surface area contributed by atoms with Crippen LogP contribution in [0.5, 0.6) is 0 Å². The van der Waals surface area contributed by atoms with Gasteiger partial charge in [0, 0.05) is 0 Å². The highest BCUT2D eigenvalue weighted by atomic mass is 127. The standard InChI is InChI=1S/C2H4I2S3/c3-6-1-5-2-7-4/h1-2H2. The molecule has 0 fully saturated rings. The molecule has 0 atom stereocenters. The van der Waals surface area contributed by atoms with E-state index in [9.17, 15) is 0 Å². The van der Waals surface area contributed by atoms with Crippen LogP contribution in [0.1, 0.15) is 0 Å². The third kappa shape index (κ3) is 8.51. The summed E-state index contributed by atoms with van der Waals surface area (Å²) < 4.78 is 0. The zero-order chi connectivity index (χ0) is 5.54. The van der Waals surface area contributed by atoms with Crippen LogP contribution in [0, 0.1) is 0 Å². The van der Waals surface area contributed by atoms with Crippen LogP contribution in [0.15, 0.2) is 0 Å². The quantitative estimate of drug-likeness (QED) is 0.415. The lowest BCUT2D eigenvalue weighted by Gasteiger charge is -1.88. The van der Waals surface area contributed by atoms with E-state index in [-0.39, 0.29) is 0 Å². The summed E-state index contributed by atoms with van der Waals surface area (Å²) in [6.45, 7) is 0. The molecule has 0 bridgehead atoms. The number of hydrogen-bond donors (Lipinski definition) is 0. The van der Waals surface area contributed by atoms with Crippen LogP contribution in [-0.4, -0.2) is 10.2 Å². The van der Waals surface area contributed by atoms with Gasteiger partial charge in [-0.05, 0) is 42.4 Å². The van der Waals surface area contributed by atoms with Gasteiger partial charge in [0.2, 0.25) is 0 Å². The Morgan fingerprint density at radius 3 is 1.71 bits per heavy atom. The molecule has 0 rings (SSSR count). The lowest BCUT2D eigenvalue weighted by atomic mass is 11.9. The maximum atomic E-state index is 2.31. The van der Waals surface area contributed by atoms with Crippen LogP contribution < -0.4 is 0 Å². The van der Waals surface area contributed by atoms with E-state index < -0.39 is 0 Å². The molecule has 0 spiro atoms. The first-order chi connectivity index (χ1) is 3.41. The summed E-state index contributed by atoms with van der Waals surface area (Å²) in [5, 5.41) is 2.44. The average molecular weight is 378 g/mol. The second-order valence-electron chi connectivity index (χ2n) is 0.658. The van der Waals surface area contributed by atoms with E-state index in [1.165, 1.54) is 10.2 Å². The van der Waals surface area contributed by atoms with Crippen LogP contribution in [0.2, 0.25) is 0 Å². The fourth-order valence-electron chi connectivity index (χ4n) is 0.0970. The van der Waals surface area contributed by atoms with E-state index in [1.54, 1.807) is 0 Å². The van der Waals surface area contributed by atoms with Crippen molar-refractivity contribution < 1.29 is 0 Å². The Hall–Kier alpha value is 2.51. The van der Waals surface area contributed by atoms with Crippen molar-refractivity contribution in [3.8, 4) is 0 Å². The van der Waals surface area contributed by atoms with Gasteiger partial charge >= 0.3 is 0 Å². The second kappa shape index (κ2) is 8.51. The van der Waals surface area contributed by atoms with Crippen molar-refractivity contribution in [2.75, 3.05) is 10.2 Å². The fraction of sp³-hybridized carbons (Fsp3) is 1.00. The van der Waals surface area contributed by atoms with Crippen molar-refractivity contribution >= 4 is 72.0 Å². The molecular weight excluding hydrogens is 374 g/mol. The summed E-state index contributed by atoms with van der Waals surface area (Å²) >= 11 is 6.59. The summed E-state index contributed by atoms with van der Waals surface area (Å²) in [5.41, 5.74) is 0. The van der Waals surface area contributed by atoms with Gasteiger partial charge in [0.05, 0.1) is 10.2 Å². The van der Waals surface area contributed by atoms with E-state index >= 15 is 0 Å². The zero-order valence-corrected chi connectivity index (χ0v) is 10.2. The van der Waals surface area contributed by atoms with Gasteiger partial charge in [0.15, 0.2) is 0 Å². The summed E-state index contributed by atoms with van der Waals surface area (Å²) in [6.07, 6.45) is 0. The van der Waals surface area contributed by atoms with E-state index in [1.807, 2.05) is 29.6 Å². The molecule has 7 heavy (non-hydrogen) atoms. The van der Waals surface area contributed by atoms with Crippen molar-refractivity contribution in [1.82, 2.24) is 0 Å². The number of hydrogen-bond acceptors (Lipinski definition) is 3. The van der Waals surface area contributed by atoms with Crippen LogP contribution in [-0.2, 0) is 0 Å². The summed E-state index contributed by atoms with van der Waals surface area (Å²) in [6, 6.07) is 0. The predicted molar refractivity (Wildman–Crippen MR) is 60.5 cm³/mol. The minimum atomic E-state index is 1.22. The van der Waals surface area contributed by atoms with E-state index in [0.717, 1.165) is 0 Å². The lowest BCUT2D eigenvalue weighted by molar-refractivity contribution is 2.19. The van der Waals surface area contributed by atoms with Gasteiger partial charge in [-0.1, -0.05) is 17.9 Å². The van der Waals surface area contributed by atoms with Gasteiger partial charge in [0.25, 0.3) is 0 Å². The molecule has 0 amide bonds. The third-order valence-corrected chi connectivity index (χ3v) is 6.88. The summed E-state index contributed by atoms with van der Waals surface area (Å²) in [5.74, 6) is 0. The first-order valence-corrected chi connectivity index (χ1v) is 9.67. The van der Waals surface area contributed by atoms with Gasteiger partial charge in [-0.15, -0.1) is 11.8 Å². The lowest BCUT2D eigenvalue weighted by Crippen LogP contribution is -1.62. The van der Waals surface area contributed by atoms with Crippen LogP contribution in [0.25, 0.3) is 0 Å². The Balaban J connectivity index is 2.45. The first-order valence-electron chi connectivity index (χ1n) is 1.46. The van der Waals surface area contributed by atoms with Crippen LogP contribution >= 0.6 is 72.0 Å². The predicted octanol–water partition coefficient (Wildman–Crippen LogP) is 3.80. The normalized spacial score (nSPS) is 9.43. The molecule has 0 saturated heterocycles. The van der Waals surface area contributed by atoms with Crippen molar-refractivity contribution in [3.63, 3.8) is 0 Å². The van der Waals surface area contributed by atoms with Gasteiger partial charge in [-0.2, -0.15) is 0 Å². The number of halogens is 2. The molecule has 0 aliphatic rings. The van der Waals surface area contributed by atoms with Crippen molar-refractivity contribution in [1.29, 1.82) is 0 Å². The molecule has 0 aliphatic carbocycles. The Labute approximate surface area is 80.9 Å². The van der Waals surface area contributed by atoms with Gasteiger partial charge in [0.1, 0.15) is 0 Å². The highest BCUT2D eigenvalue weighted by Crippen LogP contribution is 2.24. The molecule has 0 saturated carbocycles. The SMILES string of the molecule is ISCSCSI. The summed E-state index contributed by atoms with van der Waals surface area (Å²) in [7, 11) is 3.72. The molecule has 0 aliphatic heterocycles. The third-order valence-electron chi connectivity index (χ3n) is 0.256.